The molecule has 2 rings (SSSR count). The summed E-state index contributed by atoms with van der Waals surface area (Å²) in [4.78, 5) is 4.69. The Labute approximate surface area is 128 Å². The Morgan fingerprint density at radius 3 is 2.19 bits per heavy atom. The zero-order valence-corrected chi connectivity index (χ0v) is 14.6. The maximum absolute atomic E-state index is 4.69. The number of nitrogens with zero attached hydrogens (tertiary/aromatic N) is 3. The largest absolute Gasteiger partial charge is 0.348 e. The third-order valence-electron chi connectivity index (χ3n) is 3.04. The lowest BCUT2D eigenvalue weighted by Gasteiger charge is -2.41. The quantitative estimate of drug-likeness (QED) is 0.838. The van der Waals surface area contributed by atoms with Crippen LogP contribution in [0.3, 0.4) is 0 Å². The highest BCUT2D eigenvalue weighted by molar-refractivity contribution is 7.62. The van der Waals surface area contributed by atoms with Crippen LogP contribution in [-0.2, 0) is 0 Å². The van der Waals surface area contributed by atoms with Crippen molar-refractivity contribution in [3.05, 3.63) is 36.7 Å². The summed E-state index contributed by atoms with van der Waals surface area (Å²) in [6.07, 6.45) is 3.67. The second-order valence-corrected chi connectivity index (χ2v) is 10.7. The van der Waals surface area contributed by atoms with E-state index in [0.717, 1.165) is 11.6 Å². The van der Waals surface area contributed by atoms with Gasteiger partial charge in [0.1, 0.15) is 5.82 Å². The maximum atomic E-state index is 4.69. The molecular weight excluding hydrogens is 279 g/mol. The number of hydrogen-bond acceptors (Lipinski definition) is 3. The summed E-state index contributed by atoms with van der Waals surface area (Å²) in [6, 6.07) is 7.92. The van der Waals surface area contributed by atoms with E-state index in [0.29, 0.717) is 0 Å². The lowest BCUT2D eigenvalue weighted by Crippen LogP contribution is -2.29. The second kappa shape index (κ2) is 5.76. The molecule has 0 aliphatic carbocycles. The summed E-state index contributed by atoms with van der Waals surface area (Å²) in [6.45, 7) is 13.7. The molecule has 0 spiro atoms. The van der Waals surface area contributed by atoms with Crippen LogP contribution >= 0.6 is 8.07 Å². The van der Waals surface area contributed by atoms with Gasteiger partial charge in [-0.2, -0.15) is 5.10 Å². The topological polar surface area (TPSA) is 42.7 Å². The predicted molar refractivity (Wildman–Crippen MR) is 91.4 cm³/mol. The minimum Gasteiger partial charge on any atom is -0.348 e. The highest BCUT2D eigenvalue weighted by Crippen LogP contribution is 2.58. The van der Waals surface area contributed by atoms with Crippen LogP contribution in [0, 0.1) is 0 Å². The maximum Gasteiger partial charge on any atom is 0.155 e. The Kier molecular flexibility index (Phi) is 4.38. The number of rotatable bonds is 3. The summed E-state index contributed by atoms with van der Waals surface area (Å²) >= 11 is 0. The lowest BCUT2D eigenvalue weighted by atomic mass is 10.2. The standard InChI is InChI=1S/C16H25N4P/c1-15(2,3)21(16(4,5)6)19-13-9-7-10-14(18-13)20-12-8-11-17-20/h7-12H,1-6H3,(H,18,19). The van der Waals surface area contributed by atoms with Gasteiger partial charge < -0.3 is 5.09 Å². The normalized spacial score (nSPS) is 12.7. The summed E-state index contributed by atoms with van der Waals surface area (Å²) in [5, 5.41) is 8.32. The minimum absolute atomic E-state index is 0.205. The minimum atomic E-state index is -0.431. The molecule has 0 radical (unpaired) electrons. The van der Waals surface area contributed by atoms with Gasteiger partial charge in [-0.05, 0) is 18.2 Å². The highest BCUT2D eigenvalue weighted by atomic mass is 31.1. The van der Waals surface area contributed by atoms with Gasteiger partial charge in [0, 0.05) is 30.8 Å². The molecule has 0 saturated carbocycles. The predicted octanol–water partition coefficient (Wildman–Crippen LogP) is 4.67. The van der Waals surface area contributed by atoms with Crippen molar-refractivity contribution >= 4 is 13.9 Å². The number of aromatic nitrogens is 3. The van der Waals surface area contributed by atoms with Crippen LogP contribution in [0.1, 0.15) is 41.5 Å². The Bertz CT molecular complexity index is 565. The van der Waals surface area contributed by atoms with Crippen LogP contribution in [0.25, 0.3) is 5.82 Å². The van der Waals surface area contributed by atoms with E-state index in [1.54, 1.807) is 10.9 Å². The smallest absolute Gasteiger partial charge is 0.155 e. The average molecular weight is 304 g/mol. The van der Waals surface area contributed by atoms with Gasteiger partial charge in [0.15, 0.2) is 5.82 Å². The molecule has 4 nitrogen and oxygen atoms in total. The van der Waals surface area contributed by atoms with E-state index in [2.05, 4.69) is 56.7 Å². The van der Waals surface area contributed by atoms with Crippen LogP contribution in [0.4, 0.5) is 5.82 Å². The third-order valence-corrected chi connectivity index (χ3v) is 6.18. The summed E-state index contributed by atoms with van der Waals surface area (Å²) in [7, 11) is -0.431. The first-order valence-electron chi connectivity index (χ1n) is 7.22. The van der Waals surface area contributed by atoms with Crippen molar-refractivity contribution in [3.63, 3.8) is 0 Å². The van der Waals surface area contributed by atoms with Gasteiger partial charge in [0.05, 0.1) is 0 Å². The molecule has 114 valence electrons. The molecule has 2 aromatic heterocycles. The van der Waals surface area contributed by atoms with E-state index in [4.69, 9.17) is 0 Å². The van der Waals surface area contributed by atoms with E-state index < -0.39 is 8.07 Å². The zero-order chi connectivity index (χ0) is 15.7. The van der Waals surface area contributed by atoms with Gasteiger partial charge in [-0.3, -0.25) is 0 Å². The Morgan fingerprint density at radius 2 is 1.67 bits per heavy atom. The molecule has 0 aliphatic rings. The number of anilines is 1. The molecule has 0 fully saturated rings. The van der Waals surface area contributed by atoms with Crippen molar-refractivity contribution in [2.45, 2.75) is 51.9 Å². The van der Waals surface area contributed by atoms with Gasteiger partial charge in [-0.25, -0.2) is 9.67 Å². The molecule has 0 aliphatic heterocycles. The lowest BCUT2D eigenvalue weighted by molar-refractivity contribution is 0.709. The Morgan fingerprint density at radius 1 is 1.00 bits per heavy atom. The first kappa shape index (κ1) is 16.0. The number of hydrogen-bond donors (Lipinski definition) is 1. The highest BCUT2D eigenvalue weighted by Gasteiger charge is 2.35. The van der Waals surface area contributed by atoms with Crippen LogP contribution in [0.15, 0.2) is 36.7 Å². The van der Waals surface area contributed by atoms with Crippen LogP contribution < -0.4 is 5.09 Å². The van der Waals surface area contributed by atoms with E-state index in [-0.39, 0.29) is 10.3 Å². The number of nitrogens with one attached hydrogen (secondary N) is 1. The molecule has 1 N–H and O–H groups in total. The Hall–Kier alpha value is -1.41. The molecule has 0 aromatic carbocycles. The monoisotopic (exact) mass is 304 g/mol. The van der Waals surface area contributed by atoms with Gasteiger partial charge in [-0.1, -0.05) is 47.6 Å². The van der Waals surface area contributed by atoms with E-state index in [1.165, 1.54) is 0 Å². The average Bonchev–Trinajstić information content (AvgIpc) is 2.87. The summed E-state index contributed by atoms with van der Waals surface area (Å²) < 4.78 is 1.78. The summed E-state index contributed by atoms with van der Waals surface area (Å²) in [5.41, 5.74) is 0. The van der Waals surface area contributed by atoms with Gasteiger partial charge in [-0.15, -0.1) is 0 Å². The molecule has 0 atom stereocenters. The molecule has 0 saturated heterocycles. The van der Waals surface area contributed by atoms with Gasteiger partial charge in [0.25, 0.3) is 0 Å². The first-order valence-corrected chi connectivity index (χ1v) is 8.56. The van der Waals surface area contributed by atoms with Crippen molar-refractivity contribution in [1.82, 2.24) is 14.8 Å². The van der Waals surface area contributed by atoms with Crippen molar-refractivity contribution in [2.75, 3.05) is 5.09 Å². The SMILES string of the molecule is CC(C)(C)P(Nc1cccc(-n2cccn2)n1)C(C)(C)C. The second-order valence-electron chi connectivity index (χ2n) is 7.12. The first-order chi connectivity index (χ1) is 9.68. The molecule has 0 amide bonds. The molecule has 2 aromatic rings. The van der Waals surface area contributed by atoms with Crippen molar-refractivity contribution < 1.29 is 0 Å². The fraction of sp³-hybridized carbons (Fsp3) is 0.500. The number of pyridine rings is 1. The van der Waals surface area contributed by atoms with E-state index >= 15 is 0 Å². The molecular formula is C16H25N4P. The van der Waals surface area contributed by atoms with Crippen molar-refractivity contribution in [2.24, 2.45) is 0 Å². The molecule has 0 unspecified atom stereocenters. The summed E-state index contributed by atoms with van der Waals surface area (Å²) in [5.74, 6) is 1.75. The third kappa shape index (κ3) is 4.04. The molecule has 0 bridgehead atoms. The van der Waals surface area contributed by atoms with Crippen LogP contribution in [-0.4, -0.2) is 25.1 Å². The van der Waals surface area contributed by atoms with E-state index in [1.807, 2.05) is 30.5 Å². The molecule has 2 heterocycles. The van der Waals surface area contributed by atoms with Crippen molar-refractivity contribution in [1.29, 1.82) is 0 Å². The fourth-order valence-corrected chi connectivity index (χ4v) is 5.51. The Balaban J connectivity index is 2.28. The van der Waals surface area contributed by atoms with Crippen LogP contribution in [0.2, 0.25) is 0 Å². The van der Waals surface area contributed by atoms with Gasteiger partial charge >= 0.3 is 0 Å². The van der Waals surface area contributed by atoms with Gasteiger partial charge in [0.2, 0.25) is 0 Å². The van der Waals surface area contributed by atoms with Crippen molar-refractivity contribution in [3.8, 4) is 5.82 Å². The molecule has 5 heteroatoms. The fourth-order valence-electron chi connectivity index (χ4n) is 2.47. The zero-order valence-electron chi connectivity index (χ0n) is 13.8. The molecule has 21 heavy (non-hydrogen) atoms. The van der Waals surface area contributed by atoms with E-state index in [9.17, 15) is 0 Å². The van der Waals surface area contributed by atoms with Crippen LogP contribution in [0.5, 0.6) is 0 Å².